The maximum absolute atomic E-state index is 5.60. The predicted octanol–water partition coefficient (Wildman–Crippen LogP) is 0.937. The Morgan fingerprint density at radius 3 is 2.78 bits per heavy atom. The Kier molecular flexibility index (Phi) is 5.11. The largest absolute Gasteiger partial charge is 0.329 e. The van der Waals surface area contributed by atoms with Gasteiger partial charge < -0.3 is 10.6 Å². The molecule has 0 aromatic carbocycles. The van der Waals surface area contributed by atoms with E-state index < -0.39 is 0 Å². The van der Waals surface area contributed by atoms with Gasteiger partial charge in [-0.25, -0.2) is 0 Å². The molecule has 1 fully saturated rings. The molecule has 1 aromatic heterocycles. The molecule has 4 nitrogen and oxygen atoms in total. The van der Waals surface area contributed by atoms with Gasteiger partial charge in [-0.3, -0.25) is 9.88 Å². The molecule has 1 saturated heterocycles. The number of hydrogen-bond acceptors (Lipinski definition) is 4. The van der Waals surface area contributed by atoms with Crippen LogP contribution in [0.4, 0.5) is 0 Å². The van der Waals surface area contributed by atoms with E-state index >= 15 is 0 Å². The predicted molar refractivity (Wildman–Crippen MR) is 74.2 cm³/mol. The molecule has 2 N–H and O–H groups in total. The quantitative estimate of drug-likeness (QED) is 0.842. The lowest BCUT2D eigenvalue weighted by molar-refractivity contribution is 0.124. The Bertz CT molecular complexity index is 333. The molecular formula is C14H24N4. The van der Waals surface area contributed by atoms with Crippen molar-refractivity contribution in [2.75, 3.05) is 33.2 Å². The van der Waals surface area contributed by atoms with Crippen LogP contribution in [0.3, 0.4) is 0 Å². The van der Waals surface area contributed by atoms with Crippen LogP contribution in [0, 0.1) is 0 Å². The van der Waals surface area contributed by atoms with Crippen LogP contribution in [-0.4, -0.2) is 54.1 Å². The second kappa shape index (κ2) is 6.83. The summed E-state index contributed by atoms with van der Waals surface area (Å²) in [6, 6.07) is 6.80. The van der Waals surface area contributed by atoms with Crippen LogP contribution < -0.4 is 5.73 Å². The van der Waals surface area contributed by atoms with Crippen LogP contribution in [0.1, 0.15) is 18.5 Å². The molecular weight excluding hydrogens is 224 g/mol. The Labute approximate surface area is 110 Å². The molecule has 0 aliphatic carbocycles. The van der Waals surface area contributed by atoms with E-state index in [4.69, 9.17) is 5.73 Å². The molecule has 0 atom stereocenters. The van der Waals surface area contributed by atoms with Crippen LogP contribution in [0.15, 0.2) is 24.4 Å². The first-order chi connectivity index (χ1) is 8.79. The molecule has 0 bridgehead atoms. The monoisotopic (exact) mass is 248 g/mol. The molecule has 1 aromatic rings. The van der Waals surface area contributed by atoms with Gasteiger partial charge in [-0.15, -0.1) is 0 Å². The molecule has 1 aliphatic rings. The summed E-state index contributed by atoms with van der Waals surface area (Å²) in [5, 5.41) is 0. The third-order valence-electron chi connectivity index (χ3n) is 3.76. The normalized spacial score (nSPS) is 18.4. The number of pyridine rings is 1. The molecule has 0 spiro atoms. The van der Waals surface area contributed by atoms with E-state index in [1.807, 2.05) is 12.3 Å². The summed E-state index contributed by atoms with van der Waals surface area (Å²) < 4.78 is 0. The van der Waals surface area contributed by atoms with Crippen LogP contribution in [0.5, 0.6) is 0 Å². The van der Waals surface area contributed by atoms with Crippen molar-refractivity contribution < 1.29 is 0 Å². The molecule has 2 heterocycles. The molecule has 18 heavy (non-hydrogen) atoms. The maximum Gasteiger partial charge on any atom is 0.0543 e. The standard InChI is InChI=1S/C14H24N4/c1-17(12-13-4-2-3-8-16-13)14-5-9-18(10-6-14)11-7-15/h2-4,8,14H,5-7,9-12,15H2,1H3. The van der Waals surface area contributed by atoms with Gasteiger partial charge in [0, 0.05) is 31.9 Å². The van der Waals surface area contributed by atoms with E-state index in [0.29, 0.717) is 6.04 Å². The Morgan fingerprint density at radius 2 is 2.17 bits per heavy atom. The highest BCUT2D eigenvalue weighted by atomic mass is 15.2. The van der Waals surface area contributed by atoms with E-state index in [9.17, 15) is 0 Å². The van der Waals surface area contributed by atoms with Gasteiger partial charge in [-0.1, -0.05) is 6.07 Å². The minimum atomic E-state index is 0.682. The van der Waals surface area contributed by atoms with E-state index in [1.54, 1.807) is 0 Å². The minimum Gasteiger partial charge on any atom is -0.329 e. The lowest BCUT2D eigenvalue weighted by Gasteiger charge is -2.36. The van der Waals surface area contributed by atoms with Gasteiger partial charge in [0.2, 0.25) is 0 Å². The van der Waals surface area contributed by atoms with Gasteiger partial charge in [0.15, 0.2) is 0 Å². The smallest absolute Gasteiger partial charge is 0.0543 e. The van der Waals surface area contributed by atoms with E-state index in [1.165, 1.54) is 25.9 Å². The SMILES string of the molecule is CN(Cc1ccccn1)C1CCN(CCN)CC1. The van der Waals surface area contributed by atoms with Crippen molar-refractivity contribution in [3.8, 4) is 0 Å². The van der Waals surface area contributed by atoms with E-state index in [0.717, 1.165) is 25.3 Å². The first kappa shape index (κ1) is 13.5. The summed E-state index contributed by atoms with van der Waals surface area (Å²) in [6.07, 6.45) is 4.35. The lowest BCUT2D eigenvalue weighted by Crippen LogP contribution is -2.44. The fourth-order valence-electron chi connectivity index (χ4n) is 2.64. The van der Waals surface area contributed by atoms with E-state index in [2.05, 4.69) is 34.0 Å². The van der Waals surface area contributed by atoms with Crippen LogP contribution in [-0.2, 0) is 6.54 Å². The Balaban J connectivity index is 1.79. The number of rotatable bonds is 5. The molecule has 0 unspecified atom stereocenters. The van der Waals surface area contributed by atoms with Gasteiger partial charge in [0.1, 0.15) is 0 Å². The van der Waals surface area contributed by atoms with Crippen LogP contribution >= 0.6 is 0 Å². The van der Waals surface area contributed by atoms with Crippen molar-refractivity contribution in [3.63, 3.8) is 0 Å². The number of nitrogens with two attached hydrogens (primary N) is 1. The van der Waals surface area contributed by atoms with Crippen LogP contribution in [0.2, 0.25) is 0 Å². The Morgan fingerprint density at radius 1 is 1.39 bits per heavy atom. The summed E-state index contributed by atoms with van der Waals surface area (Å²) in [4.78, 5) is 9.29. The molecule has 100 valence electrons. The molecule has 1 aliphatic heterocycles. The highest BCUT2D eigenvalue weighted by Crippen LogP contribution is 2.16. The summed E-state index contributed by atoms with van der Waals surface area (Å²) in [5.41, 5.74) is 6.75. The Hall–Kier alpha value is -0.970. The molecule has 2 rings (SSSR count). The van der Waals surface area contributed by atoms with Crippen molar-refractivity contribution >= 4 is 0 Å². The molecule has 0 amide bonds. The number of aromatic nitrogens is 1. The molecule has 0 radical (unpaired) electrons. The lowest BCUT2D eigenvalue weighted by atomic mass is 10.0. The second-order valence-corrected chi connectivity index (χ2v) is 5.10. The number of hydrogen-bond donors (Lipinski definition) is 1. The zero-order valence-electron chi connectivity index (χ0n) is 11.3. The zero-order valence-corrected chi connectivity index (χ0v) is 11.3. The van der Waals surface area contributed by atoms with Gasteiger partial charge in [0.25, 0.3) is 0 Å². The first-order valence-electron chi connectivity index (χ1n) is 6.82. The summed E-state index contributed by atoms with van der Waals surface area (Å²) in [6.45, 7) is 5.11. The number of likely N-dealkylation sites (tertiary alicyclic amines) is 1. The number of piperidine rings is 1. The van der Waals surface area contributed by atoms with Crippen molar-refractivity contribution in [1.29, 1.82) is 0 Å². The van der Waals surface area contributed by atoms with Gasteiger partial charge in [-0.2, -0.15) is 0 Å². The third-order valence-corrected chi connectivity index (χ3v) is 3.76. The summed E-state index contributed by atoms with van der Waals surface area (Å²) in [7, 11) is 2.21. The summed E-state index contributed by atoms with van der Waals surface area (Å²) in [5.74, 6) is 0. The van der Waals surface area contributed by atoms with Crippen molar-refractivity contribution in [3.05, 3.63) is 30.1 Å². The third kappa shape index (κ3) is 3.77. The van der Waals surface area contributed by atoms with Crippen molar-refractivity contribution in [2.24, 2.45) is 5.73 Å². The summed E-state index contributed by atoms with van der Waals surface area (Å²) >= 11 is 0. The highest BCUT2D eigenvalue weighted by molar-refractivity contribution is 5.03. The van der Waals surface area contributed by atoms with E-state index in [-0.39, 0.29) is 0 Å². The fourth-order valence-corrected chi connectivity index (χ4v) is 2.64. The van der Waals surface area contributed by atoms with Crippen LogP contribution in [0.25, 0.3) is 0 Å². The number of nitrogens with zero attached hydrogens (tertiary/aromatic N) is 3. The fraction of sp³-hybridized carbons (Fsp3) is 0.643. The van der Waals surface area contributed by atoms with Crippen molar-refractivity contribution in [1.82, 2.24) is 14.8 Å². The first-order valence-corrected chi connectivity index (χ1v) is 6.82. The van der Waals surface area contributed by atoms with Gasteiger partial charge in [-0.05, 0) is 45.1 Å². The topological polar surface area (TPSA) is 45.4 Å². The highest BCUT2D eigenvalue weighted by Gasteiger charge is 2.21. The zero-order chi connectivity index (χ0) is 12.8. The average Bonchev–Trinajstić information content (AvgIpc) is 2.41. The second-order valence-electron chi connectivity index (χ2n) is 5.10. The molecule has 4 heteroatoms. The van der Waals surface area contributed by atoms with Crippen molar-refractivity contribution in [2.45, 2.75) is 25.4 Å². The van der Waals surface area contributed by atoms with Gasteiger partial charge >= 0.3 is 0 Å². The van der Waals surface area contributed by atoms with Gasteiger partial charge in [0.05, 0.1) is 5.69 Å². The minimum absolute atomic E-state index is 0.682. The molecule has 0 saturated carbocycles. The average molecular weight is 248 g/mol. The maximum atomic E-state index is 5.60.